The van der Waals surface area contributed by atoms with Gasteiger partial charge in [0.05, 0.1) is 18.2 Å². The van der Waals surface area contributed by atoms with Gasteiger partial charge in [-0.1, -0.05) is 6.07 Å². The van der Waals surface area contributed by atoms with Crippen molar-refractivity contribution in [2.75, 3.05) is 17.2 Å². The van der Waals surface area contributed by atoms with Crippen LogP contribution in [0.3, 0.4) is 0 Å². The van der Waals surface area contributed by atoms with Gasteiger partial charge >= 0.3 is 0 Å². The lowest BCUT2D eigenvalue weighted by atomic mass is 10.1. The number of hydrogen-bond acceptors (Lipinski definition) is 5. The second-order valence-corrected chi connectivity index (χ2v) is 7.13. The van der Waals surface area contributed by atoms with Gasteiger partial charge in [-0.3, -0.25) is 4.79 Å². The fourth-order valence-electron chi connectivity index (χ4n) is 3.15. The number of nitrogen functional groups attached to an aromatic ring is 1. The maximum Gasteiger partial charge on any atom is 0.276 e. The van der Waals surface area contributed by atoms with E-state index in [1.54, 1.807) is 17.1 Å². The molecule has 3 aromatic rings. The summed E-state index contributed by atoms with van der Waals surface area (Å²) in [4.78, 5) is 24.1. The van der Waals surface area contributed by atoms with Gasteiger partial charge in [0, 0.05) is 29.7 Å². The highest BCUT2D eigenvalue weighted by Gasteiger charge is 2.27. The third-order valence-electron chi connectivity index (χ3n) is 4.34. The first kappa shape index (κ1) is 14.9. The maximum absolute atomic E-state index is 12.7. The van der Waals surface area contributed by atoms with Gasteiger partial charge in [-0.2, -0.15) is 0 Å². The molecule has 3 heterocycles. The summed E-state index contributed by atoms with van der Waals surface area (Å²) < 4.78 is 1.75. The van der Waals surface area contributed by atoms with Gasteiger partial charge in [0.25, 0.3) is 5.91 Å². The van der Waals surface area contributed by atoms with E-state index >= 15 is 0 Å². The van der Waals surface area contributed by atoms with Crippen molar-refractivity contribution >= 4 is 28.1 Å². The quantitative estimate of drug-likeness (QED) is 0.778. The van der Waals surface area contributed by atoms with E-state index in [0.29, 0.717) is 17.4 Å². The van der Waals surface area contributed by atoms with Crippen molar-refractivity contribution in [3.05, 3.63) is 46.9 Å². The smallest absolute Gasteiger partial charge is 0.276 e. The molecule has 0 fully saturated rings. The molecule has 2 N–H and O–H groups in total. The average Bonchev–Trinajstić information content (AvgIpc) is 3.24. The van der Waals surface area contributed by atoms with Crippen LogP contribution in [-0.4, -0.2) is 27.0 Å². The molecule has 0 radical (unpaired) electrons. The van der Waals surface area contributed by atoms with Crippen LogP contribution in [0.5, 0.6) is 0 Å². The van der Waals surface area contributed by atoms with E-state index in [0.717, 1.165) is 33.8 Å². The zero-order chi connectivity index (χ0) is 16.8. The summed E-state index contributed by atoms with van der Waals surface area (Å²) in [5.74, 6) is -0.0180. The third kappa shape index (κ3) is 2.28. The Labute approximate surface area is 143 Å². The van der Waals surface area contributed by atoms with Crippen molar-refractivity contribution in [3.8, 4) is 11.3 Å². The zero-order valence-electron chi connectivity index (χ0n) is 13.5. The fraction of sp³-hybridized carbons (Fsp3) is 0.235. The minimum Gasteiger partial charge on any atom is -0.375 e. The highest BCUT2D eigenvalue weighted by Crippen LogP contribution is 2.35. The maximum atomic E-state index is 12.7. The fourth-order valence-corrected chi connectivity index (χ4v) is 3.86. The van der Waals surface area contributed by atoms with Crippen molar-refractivity contribution < 1.29 is 4.79 Å². The van der Waals surface area contributed by atoms with Gasteiger partial charge in [-0.05, 0) is 31.0 Å². The van der Waals surface area contributed by atoms with Crippen LogP contribution in [0.2, 0.25) is 0 Å². The van der Waals surface area contributed by atoms with E-state index < -0.39 is 0 Å². The molecule has 6 nitrogen and oxygen atoms in total. The number of anilines is 2. The monoisotopic (exact) mass is 339 g/mol. The van der Waals surface area contributed by atoms with Crippen LogP contribution in [0.15, 0.2) is 30.7 Å². The first-order valence-electron chi connectivity index (χ1n) is 7.69. The molecular weight excluding hydrogens is 322 g/mol. The topological polar surface area (TPSA) is 77.0 Å². The van der Waals surface area contributed by atoms with Gasteiger partial charge < -0.3 is 15.2 Å². The number of carbonyl (C=O) groups is 1. The summed E-state index contributed by atoms with van der Waals surface area (Å²) in [6.07, 6.45) is 4.09. The number of thiazole rings is 1. The Hall–Kier alpha value is -2.67. The number of nitrogens with zero attached hydrogens (tertiary/aromatic N) is 4. The Morgan fingerprint density at radius 2 is 2.21 bits per heavy atom. The number of amides is 1. The molecule has 7 heteroatoms. The highest BCUT2D eigenvalue weighted by atomic mass is 32.1. The van der Waals surface area contributed by atoms with E-state index in [1.807, 2.05) is 31.0 Å². The SMILES string of the molecule is Cc1sc(N)nc1-c1ccc2c(c1)CCN2C(=O)c1cncn1C. The number of imidazole rings is 1. The molecule has 0 atom stereocenters. The number of aryl methyl sites for hydroxylation is 2. The molecule has 1 aromatic carbocycles. The van der Waals surface area contributed by atoms with Gasteiger partial charge in [0.15, 0.2) is 5.13 Å². The van der Waals surface area contributed by atoms with Crippen molar-refractivity contribution in [2.24, 2.45) is 7.05 Å². The van der Waals surface area contributed by atoms with Crippen LogP contribution in [0.4, 0.5) is 10.8 Å². The van der Waals surface area contributed by atoms with E-state index in [9.17, 15) is 4.79 Å². The van der Waals surface area contributed by atoms with Gasteiger partial charge in [0.1, 0.15) is 5.69 Å². The lowest BCUT2D eigenvalue weighted by molar-refractivity contribution is 0.0981. The summed E-state index contributed by atoms with van der Waals surface area (Å²) in [5.41, 5.74) is 10.5. The Morgan fingerprint density at radius 1 is 1.38 bits per heavy atom. The molecule has 0 spiro atoms. The first-order valence-corrected chi connectivity index (χ1v) is 8.50. The van der Waals surface area contributed by atoms with Crippen molar-refractivity contribution in [2.45, 2.75) is 13.3 Å². The number of aromatic nitrogens is 3. The number of fused-ring (bicyclic) bond motifs is 1. The summed E-state index contributed by atoms with van der Waals surface area (Å²) in [5, 5.41) is 0.580. The predicted molar refractivity (Wildman–Crippen MR) is 95.3 cm³/mol. The van der Waals surface area contributed by atoms with E-state index in [-0.39, 0.29) is 5.91 Å². The van der Waals surface area contributed by atoms with Crippen LogP contribution in [0.1, 0.15) is 20.9 Å². The summed E-state index contributed by atoms with van der Waals surface area (Å²) in [7, 11) is 1.83. The zero-order valence-corrected chi connectivity index (χ0v) is 14.3. The van der Waals surface area contributed by atoms with Crippen LogP contribution in [-0.2, 0) is 13.5 Å². The Kier molecular flexibility index (Phi) is 3.38. The lowest BCUT2D eigenvalue weighted by Gasteiger charge is -2.17. The summed E-state index contributed by atoms with van der Waals surface area (Å²) in [6, 6.07) is 6.13. The molecule has 0 saturated heterocycles. The minimum absolute atomic E-state index is 0.0180. The Morgan fingerprint density at radius 3 is 2.88 bits per heavy atom. The largest absolute Gasteiger partial charge is 0.375 e. The summed E-state index contributed by atoms with van der Waals surface area (Å²) in [6.45, 7) is 2.70. The summed E-state index contributed by atoms with van der Waals surface area (Å²) >= 11 is 1.50. The minimum atomic E-state index is -0.0180. The van der Waals surface area contributed by atoms with E-state index in [2.05, 4.69) is 16.0 Å². The number of carbonyl (C=O) groups excluding carboxylic acids is 1. The lowest BCUT2D eigenvalue weighted by Crippen LogP contribution is -2.30. The number of benzene rings is 1. The van der Waals surface area contributed by atoms with Crippen LogP contribution < -0.4 is 10.6 Å². The van der Waals surface area contributed by atoms with Crippen LogP contribution >= 0.6 is 11.3 Å². The molecule has 24 heavy (non-hydrogen) atoms. The predicted octanol–water partition coefficient (Wildman–Crippen LogP) is 2.64. The van der Waals surface area contributed by atoms with E-state index in [4.69, 9.17) is 5.73 Å². The second kappa shape index (κ2) is 5.45. The molecule has 4 rings (SSSR count). The molecule has 2 aromatic heterocycles. The molecule has 0 bridgehead atoms. The number of rotatable bonds is 2. The van der Waals surface area contributed by atoms with Gasteiger partial charge in [-0.25, -0.2) is 9.97 Å². The second-order valence-electron chi connectivity index (χ2n) is 5.90. The molecule has 1 amide bonds. The van der Waals surface area contributed by atoms with E-state index in [1.165, 1.54) is 11.3 Å². The molecular formula is C17H17N5OS. The molecule has 0 unspecified atom stereocenters. The normalized spacial score (nSPS) is 13.3. The van der Waals surface area contributed by atoms with Crippen molar-refractivity contribution in [1.82, 2.24) is 14.5 Å². The number of hydrogen-bond donors (Lipinski definition) is 1. The van der Waals surface area contributed by atoms with Crippen molar-refractivity contribution in [1.29, 1.82) is 0 Å². The van der Waals surface area contributed by atoms with Crippen molar-refractivity contribution in [3.63, 3.8) is 0 Å². The molecule has 1 aliphatic rings. The average molecular weight is 339 g/mol. The standard InChI is InChI=1S/C17H17N5OS/c1-10-15(20-17(18)24-10)12-3-4-13-11(7-12)5-6-22(13)16(23)14-8-19-9-21(14)2/h3-4,7-9H,5-6H2,1-2H3,(H2,18,20). The molecule has 0 aliphatic carbocycles. The van der Waals surface area contributed by atoms with Gasteiger partial charge in [-0.15, -0.1) is 11.3 Å². The Balaban J connectivity index is 1.69. The van der Waals surface area contributed by atoms with Crippen LogP contribution in [0.25, 0.3) is 11.3 Å². The molecule has 0 saturated carbocycles. The molecule has 1 aliphatic heterocycles. The molecule has 122 valence electrons. The van der Waals surface area contributed by atoms with Crippen LogP contribution in [0, 0.1) is 6.92 Å². The Bertz CT molecular complexity index is 942. The highest BCUT2D eigenvalue weighted by molar-refractivity contribution is 7.15. The number of nitrogens with two attached hydrogens (primary N) is 1. The van der Waals surface area contributed by atoms with Gasteiger partial charge in [0.2, 0.25) is 0 Å². The first-order chi connectivity index (χ1) is 11.5. The third-order valence-corrected chi connectivity index (χ3v) is 5.14.